The second-order valence-corrected chi connectivity index (χ2v) is 7.09. The zero-order chi connectivity index (χ0) is 17.9. The Morgan fingerprint density at radius 3 is 2.54 bits per heavy atom. The molecule has 1 aromatic heterocycles. The molecule has 3 N–H and O–H groups in total. The highest BCUT2D eigenvalue weighted by Gasteiger charge is 2.21. The van der Waals surface area contributed by atoms with Crippen molar-refractivity contribution in [2.75, 3.05) is 11.9 Å². The molecule has 0 radical (unpaired) electrons. The largest absolute Gasteiger partial charge is 0.440 e. The van der Waals surface area contributed by atoms with Crippen molar-refractivity contribution >= 4 is 22.8 Å². The number of unbranched alkanes of at least 4 members (excludes halogenated alkanes) is 2. The summed E-state index contributed by atoms with van der Waals surface area (Å²) in [5, 5.41) is 3.42. The summed E-state index contributed by atoms with van der Waals surface area (Å²) in [6.45, 7) is 8.93. The predicted molar refractivity (Wildman–Crippen MR) is 97.7 cm³/mol. The Balaban J connectivity index is 2.54. The maximum atomic E-state index is 12.8. The van der Waals surface area contributed by atoms with Crippen LogP contribution in [0.3, 0.4) is 0 Å². The maximum absolute atomic E-state index is 12.8. The van der Waals surface area contributed by atoms with Gasteiger partial charge >= 0.3 is 0 Å². The molecule has 0 unspecified atom stereocenters. The van der Waals surface area contributed by atoms with Gasteiger partial charge in [0, 0.05) is 6.54 Å². The fourth-order valence-electron chi connectivity index (χ4n) is 2.59. The average Bonchev–Trinajstić information content (AvgIpc) is 2.50. The molecule has 1 amide bonds. The van der Waals surface area contributed by atoms with Crippen LogP contribution in [0.15, 0.2) is 27.4 Å². The average molecular weight is 330 g/mol. The van der Waals surface area contributed by atoms with Gasteiger partial charge in [-0.1, -0.05) is 46.6 Å². The van der Waals surface area contributed by atoms with Gasteiger partial charge < -0.3 is 15.5 Å². The topological polar surface area (TPSA) is 85.3 Å². The molecule has 2 aromatic rings. The van der Waals surface area contributed by atoms with E-state index in [1.165, 1.54) is 0 Å². The van der Waals surface area contributed by atoms with E-state index < -0.39 is 5.91 Å². The molecule has 5 nitrogen and oxygen atoms in total. The Morgan fingerprint density at radius 1 is 1.25 bits per heavy atom. The van der Waals surface area contributed by atoms with Gasteiger partial charge in [0.1, 0.15) is 11.1 Å². The lowest BCUT2D eigenvalue weighted by Gasteiger charge is -2.19. The minimum Gasteiger partial charge on any atom is -0.440 e. The van der Waals surface area contributed by atoms with Crippen LogP contribution in [0.5, 0.6) is 0 Å². The molecule has 130 valence electrons. The lowest BCUT2D eigenvalue weighted by atomic mass is 9.86. The summed E-state index contributed by atoms with van der Waals surface area (Å²) >= 11 is 0. The monoisotopic (exact) mass is 330 g/mol. The van der Waals surface area contributed by atoms with Crippen LogP contribution in [0.1, 0.15) is 62.9 Å². The van der Waals surface area contributed by atoms with Gasteiger partial charge in [-0.05, 0) is 29.5 Å². The van der Waals surface area contributed by atoms with Crippen molar-refractivity contribution in [1.29, 1.82) is 0 Å². The first kappa shape index (κ1) is 18.0. The van der Waals surface area contributed by atoms with Gasteiger partial charge in [0.25, 0.3) is 5.91 Å². The third kappa shape index (κ3) is 3.78. The van der Waals surface area contributed by atoms with Gasteiger partial charge in [-0.2, -0.15) is 0 Å². The Hall–Kier alpha value is -2.30. The molecule has 0 atom stereocenters. The molecule has 1 aromatic carbocycles. The highest BCUT2D eigenvalue weighted by atomic mass is 16.3. The summed E-state index contributed by atoms with van der Waals surface area (Å²) in [7, 11) is 0. The standard InChI is InChI=1S/C19H26N2O3/c1-5-6-7-10-21-18-15(17(20)23)16(22)13-11-12(19(2,3)4)8-9-14(13)24-18/h8-9,11,21H,5-7,10H2,1-4H3,(H2,20,23). The number of fused-ring (bicyclic) bond motifs is 1. The maximum Gasteiger partial charge on any atom is 0.258 e. The van der Waals surface area contributed by atoms with E-state index in [-0.39, 0.29) is 22.3 Å². The minimum absolute atomic E-state index is 0.106. The first-order valence-corrected chi connectivity index (χ1v) is 8.40. The number of hydrogen-bond donors (Lipinski definition) is 2. The van der Waals surface area contributed by atoms with Crippen LogP contribution in [-0.4, -0.2) is 12.5 Å². The van der Waals surface area contributed by atoms with Crippen molar-refractivity contribution < 1.29 is 9.21 Å². The van der Waals surface area contributed by atoms with Gasteiger partial charge in [0.15, 0.2) is 0 Å². The van der Waals surface area contributed by atoms with Gasteiger partial charge in [0.2, 0.25) is 11.3 Å². The molecule has 0 saturated carbocycles. The smallest absolute Gasteiger partial charge is 0.258 e. The number of nitrogens with two attached hydrogens (primary N) is 1. The predicted octanol–water partition coefficient (Wildman–Crippen LogP) is 3.79. The summed E-state index contributed by atoms with van der Waals surface area (Å²) in [5.41, 5.74) is 6.28. The van der Waals surface area contributed by atoms with Crippen molar-refractivity contribution in [2.24, 2.45) is 5.73 Å². The Labute approximate surface area is 142 Å². The third-order valence-corrected chi connectivity index (χ3v) is 4.07. The van der Waals surface area contributed by atoms with Crippen LogP contribution in [0.4, 0.5) is 5.88 Å². The number of primary amides is 1. The van der Waals surface area contributed by atoms with E-state index in [0.717, 1.165) is 24.8 Å². The van der Waals surface area contributed by atoms with Gasteiger partial charge in [-0.15, -0.1) is 0 Å². The number of carbonyl (C=O) groups excluding carboxylic acids is 1. The third-order valence-electron chi connectivity index (χ3n) is 4.07. The van der Waals surface area contributed by atoms with Crippen LogP contribution in [0.25, 0.3) is 11.0 Å². The lowest BCUT2D eigenvalue weighted by molar-refractivity contribution is 0.0999. The number of anilines is 1. The van der Waals surface area contributed by atoms with Crippen molar-refractivity contribution in [2.45, 2.75) is 52.4 Å². The van der Waals surface area contributed by atoms with Gasteiger partial charge in [-0.25, -0.2) is 0 Å². The molecule has 0 bridgehead atoms. The van der Waals surface area contributed by atoms with Crippen LogP contribution in [0, 0.1) is 0 Å². The van der Waals surface area contributed by atoms with Gasteiger partial charge in [0.05, 0.1) is 5.39 Å². The number of hydrogen-bond acceptors (Lipinski definition) is 4. The second kappa shape index (κ2) is 7.07. The van der Waals surface area contributed by atoms with E-state index in [4.69, 9.17) is 10.2 Å². The number of amides is 1. The number of carbonyl (C=O) groups is 1. The molecule has 24 heavy (non-hydrogen) atoms. The Bertz CT molecular complexity index is 801. The van der Waals surface area contributed by atoms with E-state index in [1.807, 2.05) is 6.07 Å². The highest BCUT2D eigenvalue weighted by molar-refractivity contribution is 6.00. The van der Waals surface area contributed by atoms with Crippen molar-refractivity contribution in [3.63, 3.8) is 0 Å². The van der Waals surface area contributed by atoms with E-state index in [0.29, 0.717) is 17.5 Å². The lowest BCUT2D eigenvalue weighted by Crippen LogP contribution is -2.24. The van der Waals surface area contributed by atoms with Crippen LogP contribution in [0.2, 0.25) is 0 Å². The molecule has 1 heterocycles. The molecular weight excluding hydrogens is 304 g/mol. The highest BCUT2D eigenvalue weighted by Crippen LogP contribution is 2.27. The van der Waals surface area contributed by atoms with Crippen molar-refractivity contribution in [3.05, 3.63) is 39.5 Å². The number of rotatable bonds is 6. The van der Waals surface area contributed by atoms with E-state index >= 15 is 0 Å². The quantitative estimate of drug-likeness (QED) is 0.789. The van der Waals surface area contributed by atoms with Crippen LogP contribution in [-0.2, 0) is 5.41 Å². The number of nitrogens with one attached hydrogen (secondary N) is 1. The molecule has 2 rings (SSSR count). The molecule has 0 saturated heterocycles. The fraction of sp³-hybridized carbons (Fsp3) is 0.474. The normalized spacial score (nSPS) is 11.7. The van der Waals surface area contributed by atoms with Crippen LogP contribution < -0.4 is 16.5 Å². The van der Waals surface area contributed by atoms with E-state index in [9.17, 15) is 9.59 Å². The number of benzene rings is 1. The zero-order valence-electron chi connectivity index (χ0n) is 14.9. The summed E-state index contributed by atoms with van der Waals surface area (Å²) < 4.78 is 5.77. The second-order valence-electron chi connectivity index (χ2n) is 7.09. The molecule has 0 aliphatic heterocycles. The van der Waals surface area contributed by atoms with Crippen molar-refractivity contribution in [3.8, 4) is 0 Å². The molecule has 0 aliphatic rings. The minimum atomic E-state index is -0.773. The SMILES string of the molecule is CCCCCNc1oc2ccc(C(C)(C)C)cc2c(=O)c1C(N)=O. The van der Waals surface area contributed by atoms with E-state index in [2.05, 4.69) is 33.0 Å². The van der Waals surface area contributed by atoms with Gasteiger partial charge in [-0.3, -0.25) is 9.59 Å². The first-order chi connectivity index (χ1) is 11.3. The van der Waals surface area contributed by atoms with E-state index in [1.54, 1.807) is 12.1 Å². The molecule has 0 spiro atoms. The van der Waals surface area contributed by atoms with Crippen LogP contribution >= 0.6 is 0 Å². The molecular formula is C19H26N2O3. The fourth-order valence-corrected chi connectivity index (χ4v) is 2.59. The summed E-state index contributed by atoms with van der Waals surface area (Å²) in [5.74, 6) is -0.607. The molecule has 0 fully saturated rings. The summed E-state index contributed by atoms with van der Waals surface area (Å²) in [4.78, 5) is 24.5. The summed E-state index contributed by atoms with van der Waals surface area (Å²) in [6.07, 6.45) is 3.08. The zero-order valence-corrected chi connectivity index (χ0v) is 14.9. The summed E-state index contributed by atoms with van der Waals surface area (Å²) in [6, 6.07) is 5.50. The van der Waals surface area contributed by atoms with Crippen molar-refractivity contribution in [1.82, 2.24) is 0 Å². The first-order valence-electron chi connectivity index (χ1n) is 8.40. The Morgan fingerprint density at radius 2 is 1.96 bits per heavy atom. The molecule has 5 heteroatoms. The molecule has 0 aliphatic carbocycles. The Kier molecular flexibility index (Phi) is 5.32.